The lowest BCUT2D eigenvalue weighted by atomic mass is 9.87. The van der Waals surface area contributed by atoms with Crippen LogP contribution in [0.2, 0.25) is 0 Å². The molecule has 1 amide bonds. The number of amides is 1. The van der Waals surface area contributed by atoms with Gasteiger partial charge in [0.05, 0.1) is 21.8 Å². The summed E-state index contributed by atoms with van der Waals surface area (Å²) in [6, 6.07) is 5.12. The Labute approximate surface area is 110 Å². The molecular formula is C13H17N3OS. The smallest absolute Gasteiger partial charge is 0.241 e. The second kappa shape index (κ2) is 4.66. The van der Waals surface area contributed by atoms with Crippen molar-refractivity contribution in [3.63, 3.8) is 0 Å². The van der Waals surface area contributed by atoms with Gasteiger partial charge in [0.15, 0.2) is 0 Å². The lowest BCUT2D eigenvalue weighted by Crippen LogP contribution is -2.45. The summed E-state index contributed by atoms with van der Waals surface area (Å²) >= 11 is 1.55. The Morgan fingerprint density at radius 2 is 2.17 bits per heavy atom. The monoisotopic (exact) mass is 263 g/mol. The quantitative estimate of drug-likeness (QED) is 0.875. The highest BCUT2D eigenvalue weighted by atomic mass is 32.1. The van der Waals surface area contributed by atoms with Crippen molar-refractivity contribution in [2.45, 2.75) is 26.8 Å². The van der Waals surface area contributed by atoms with Gasteiger partial charge in [0.2, 0.25) is 5.91 Å². The number of thiazole rings is 1. The first-order valence-corrected chi connectivity index (χ1v) is 6.65. The summed E-state index contributed by atoms with van der Waals surface area (Å²) in [7, 11) is 0. The van der Waals surface area contributed by atoms with Gasteiger partial charge < -0.3 is 11.1 Å². The highest BCUT2D eigenvalue weighted by Crippen LogP contribution is 2.23. The highest BCUT2D eigenvalue weighted by molar-refractivity contribution is 7.16. The fourth-order valence-electron chi connectivity index (χ4n) is 1.55. The molecule has 0 aliphatic rings. The van der Waals surface area contributed by atoms with Gasteiger partial charge in [-0.2, -0.15) is 0 Å². The molecule has 0 bridgehead atoms. The minimum Gasteiger partial charge on any atom is -0.325 e. The van der Waals surface area contributed by atoms with Crippen LogP contribution in [-0.2, 0) is 4.79 Å². The van der Waals surface area contributed by atoms with Gasteiger partial charge in [-0.3, -0.25) is 4.79 Å². The number of nitrogens with two attached hydrogens (primary N) is 1. The van der Waals surface area contributed by atoms with Gasteiger partial charge in [-0.05, 0) is 23.6 Å². The zero-order valence-corrected chi connectivity index (χ0v) is 11.5. The second-order valence-electron chi connectivity index (χ2n) is 5.37. The lowest BCUT2D eigenvalue weighted by molar-refractivity contribution is -0.119. The molecular weight excluding hydrogens is 246 g/mol. The largest absolute Gasteiger partial charge is 0.325 e. The van der Waals surface area contributed by atoms with Gasteiger partial charge in [-0.25, -0.2) is 4.98 Å². The minimum atomic E-state index is -0.533. The first-order valence-electron chi connectivity index (χ1n) is 5.77. The van der Waals surface area contributed by atoms with Crippen molar-refractivity contribution in [1.29, 1.82) is 0 Å². The zero-order chi connectivity index (χ0) is 13.3. The van der Waals surface area contributed by atoms with Crippen molar-refractivity contribution in [3.05, 3.63) is 23.7 Å². The number of hydrogen-bond acceptors (Lipinski definition) is 4. The molecule has 4 nitrogen and oxygen atoms in total. The molecule has 1 aromatic carbocycles. The molecule has 0 spiro atoms. The second-order valence-corrected chi connectivity index (χ2v) is 6.25. The first kappa shape index (κ1) is 13.0. The molecule has 1 aromatic heterocycles. The van der Waals surface area contributed by atoms with E-state index >= 15 is 0 Å². The minimum absolute atomic E-state index is 0.161. The number of fused-ring (bicyclic) bond motifs is 1. The number of rotatable bonds is 2. The maximum atomic E-state index is 12.0. The fraction of sp³-hybridized carbons (Fsp3) is 0.385. The summed E-state index contributed by atoms with van der Waals surface area (Å²) in [6.07, 6.45) is 0. The molecule has 0 fully saturated rings. The summed E-state index contributed by atoms with van der Waals surface area (Å²) in [5, 5.41) is 2.85. The standard InChI is InChI=1S/C13H17N3OS/c1-13(2,3)11(14)12(17)16-8-4-5-9-10(6-8)18-7-15-9/h4-7,11H,14H2,1-3H3,(H,16,17)/t11-/m1/s1. The van der Waals surface area contributed by atoms with Gasteiger partial charge in [0, 0.05) is 5.69 Å². The van der Waals surface area contributed by atoms with Crippen LogP contribution in [0.5, 0.6) is 0 Å². The van der Waals surface area contributed by atoms with Crippen LogP contribution < -0.4 is 11.1 Å². The first-order chi connectivity index (χ1) is 8.38. The molecule has 0 aliphatic carbocycles. The van der Waals surface area contributed by atoms with E-state index in [1.807, 2.05) is 39.0 Å². The van der Waals surface area contributed by atoms with E-state index < -0.39 is 6.04 Å². The van der Waals surface area contributed by atoms with Crippen molar-refractivity contribution < 1.29 is 4.79 Å². The number of hydrogen-bond donors (Lipinski definition) is 2. The average Bonchev–Trinajstić information content (AvgIpc) is 2.73. The van der Waals surface area contributed by atoms with Gasteiger partial charge in [0.1, 0.15) is 0 Å². The molecule has 3 N–H and O–H groups in total. The number of carbonyl (C=O) groups excluding carboxylic acids is 1. The molecule has 2 rings (SSSR count). The molecule has 96 valence electrons. The van der Waals surface area contributed by atoms with Crippen LogP contribution in [0.3, 0.4) is 0 Å². The Morgan fingerprint density at radius 1 is 1.44 bits per heavy atom. The van der Waals surface area contributed by atoms with E-state index in [-0.39, 0.29) is 11.3 Å². The molecule has 1 atom stereocenters. The molecule has 0 saturated heterocycles. The Morgan fingerprint density at radius 3 is 2.83 bits per heavy atom. The van der Waals surface area contributed by atoms with Gasteiger partial charge in [-0.15, -0.1) is 11.3 Å². The molecule has 0 radical (unpaired) electrons. The highest BCUT2D eigenvalue weighted by Gasteiger charge is 2.27. The molecule has 0 saturated carbocycles. The zero-order valence-electron chi connectivity index (χ0n) is 10.7. The number of aromatic nitrogens is 1. The Balaban J connectivity index is 2.16. The third kappa shape index (κ3) is 2.68. The van der Waals surface area contributed by atoms with Crippen LogP contribution in [0.1, 0.15) is 20.8 Å². The summed E-state index contributed by atoms with van der Waals surface area (Å²) in [5.41, 5.74) is 9.15. The summed E-state index contributed by atoms with van der Waals surface area (Å²) in [4.78, 5) is 16.2. The molecule has 5 heteroatoms. The lowest BCUT2D eigenvalue weighted by Gasteiger charge is -2.25. The maximum absolute atomic E-state index is 12.0. The Kier molecular flexibility index (Phi) is 3.36. The number of anilines is 1. The average molecular weight is 263 g/mol. The van der Waals surface area contributed by atoms with Gasteiger partial charge in [0.25, 0.3) is 0 Å². The number of carbonyl (C=O) groups is 1. The van der Waals surface area contributed by atoms with E-state index in [0.29, 0.717) is 0 Å². The van der Waals surface area contributed by atoms with Crippen LogP contribution in [0.4, 0.5) is 5.69 Å². The van der Waals surface area contributed by atoms with Crippen molar-refractivity contribution in [2.75, 3.05) is 5.32 Å². The van der Waals surface area contributed by atoms with Crippen molar-refractivity contribution in [3.8, 4) is 0 Å². The van der Waals surface area contributed by atoms with E-state index in [1.54, 1.807) is 16.8 Å². The van der Waals surface area contributed by atoms with E-state index in [2.05, 4.69) is 10.3 Å². The van der Waals surface area contributed by atoms with E-state index in [1.165, 1.54) is 0 Å². The summed E-state index contributed by atoms with van der Waals surface area (Å²) in [6.45, 7) is 5.84. The number of nitrogens with zero attached hydrogens (tertiary/aromatic N) is 1. The topological polar surface area (TPSA) is 68.0 Å². The Bertz CT molecular complexity index is 571. The van der Waals surface area contributed by atoms with Crippen molar-refractivity contribution in [2.24, 2.45) is 11.1 Å². The number of nitrogens with one attached hydrogen (secondary N) is 1. The molecule has 18 heavy (non-hydrogen) atoms. The summed E-state index contributed by atoms with van der Waals surface area (Å²) < 4.78 is 1.05. The predicted octanol–water partition coefficient (Wildman–Crippen LogP) is 2.61. The third-order valence-corrected chi connectivity index (χ3v) is 3.61. The van der Waals surface area contributed by atoms with E-state index in [0.717, 1.165) is 15.9 Å². The van der Waals surface area contributed by atoms with Crippen LogP contribution in [-0.4, -0.2) is 16.9 Å². The fourth-order valence-corrected chi connectivity index (χ4v) is 2.26. The summed E-state index contributed by atoms with van der Waals surface area (Å²) in [5.74, 6) is -0.161. The maximum Gasteiger partial charge on any atom is 0.241 e. The molecule has 0 unspecified atom stereocenters. The van der Waals surface area contributed by atoms with Gasteiger partial charge >= 0.3 is 0 Å². The Hall–Kier alpha value is -1.46. The van der Waals surface area contributed by atoms with Gasteiger partial charge in [-0.1, -0.05) is 20.8 Å². The SMILES string of the molecule is CC(C)(C)[C@H](N)C(=O)Nc1ccc2ncsc2c1. The van der Waals surface area contributed by atoms with Crippen LogP contribution in [0.15, 0.2) is 23.7 Å². The molecule has 2 aromatic rings. The van der Waals surface area contributed by atoms with Crippen molar-refractivity contribution in [1.82, 2.24) is 4.98 Å². The van der Waals surface area contributed by atoms with Crippen molar-refractivity contribution >= 4 is 33.1 Å². The van der Waals surface area contributed by atoms with Crippen LogP contribution in [0.25, 0.3) is 10.2 Å². The van der Waals surface area contributed by atoms with Crippen LogP contribution >= 0.6 is 11.3 Å². The molecule has 1 heterocycles. The number of benzene rings is 1. The predicted molar refractivity (Wildman–Crippen MR) is 75.7 cm³/mol. The van der Waals surface area contributed by atoms with E-state index in [4.69, 9.17) is 5.73 Å². The third-order valence-electron chi connectivity index (χ3n) is 2.81. The van der Waals surface area contributed by atoms with E-state index in [9.17, 15) is 4.79 Å². The molecule has 0 aliphatic heterocycles. The van der Waals surface area contributed by atoms with Crippen LogP contribution in [0, 0.1) is 5.41 Å². The normalized spacial score (nSPS) is 13.6.